The van der Waals surface area contributed by atoms with Crippen LogP contribution in [0.4, 0.5) is 0 Å². The molecule has 1 amide bonds. The minimum Gasteiger partial charge on any atom is -0.457 e. The Kier molecular flexibility index (Phi) is 6.66. The van der Waals surface area contributed by atoms with E-state index in [-0.39, 0.29) is 24.4 Å². The molecule has 0 bridgehead atoms. The molecule has 1 atom stereocenters. The highest BCUT2D eigenvalue weighted by Gasteiger charge is 2.23. The van der Waals surface area contributed by atoms with Crippen molar-refractivity contribution in [1.82, 2.24) is 10.2 Å². The summed E-state index contributed by atoms with van der Waals surface area (Å²) in [4.78, 5) is 14.3. The monoisotopic (exact) mass is 410 g/mol. The molecule has 1 aliphatic heterocycles. The van der Waals surface area contributed by atoms with Crippen molar-refractivity contribution in [2.75, 3.05) is 20.1 Å². The Morgan fingerprint density at radius 3 is 2.58 bits per heavy atom. The standard InChI is InChI=1S/C18H19BrN2O2.ClH/c1-21(15-9-10-20-12-15)18(22)13-5-7-16(8-6-13)23-17-4-2-3-14(19)11-17;/h2-8,11,15,20H,9-10,12H2,1H3;1H. The van der Waals surface area contributed by atoms with Crippen LogP contribution < -0.4 is 10.1 Å². The molecule has 1 unspecified atom stereocenters. The maximum Gasteiger partial charge on any atom is 0.253 e. The van der Waals surface area contributed by atoms with Crippen LogP contribution >= 0.6 is 28.3 Å². The predicted octanol–water partition coefficient (Wildman–Crippen LogP) is 4.10. The number of carbonyl (C=O) groups is 1. The molecule has 1 fully saturated rings. The molecule has 6 heteroatoms. The Morgan fingerprint density at radius 1 is 1.21 bits per heavy atom. The minimum atomic E-state index is 0. The van der Waals surface area contributed by atoms with Gasteiger partial charge in [-0.25, -0.2) is 0 Å². The van der Waals surface area contributed by atoms with E-state index in [0.717, 1.165) is 29.7 Å². The predicted molar refractivity (Wildman–Crippen MR) is 101 cm³/mol. The van der Waals surface area contributed by atoms with E-state index in [4.69, 9.17) is 4.74 Å². The number of halogens is 2. The van der Waals surface area contributed by atoms with Gasteiger partial charge in [0.25, 0.3) is 5.91 Å². The second kappa shape index (κ2) is 8.51. The van der Waals surface area contributed by atoms with Gasteiger partial charge in [0.2, 0.25) is 0 Å². The first kappa shape index (κ1) is 18.8. The fourth-order valence-corrected chi connectivity index (χ4v) is 3.05. The Morgan fingerprint density at radius 2 is 1.96 bits per heavy atom. The lowest BCUT2D eigenvalue weighted by molar-refractivity contribution is 0.0744. The Labute approximate surface area is 156 Å². The van der Waals surface area contributed by atoms with Crippen LogP contribution in [0.1, 0.15) is 16.8 Å². The molecule has 1 aliphatic rings. The SMILES string of the molecule is CN(C(=O)c1ccc(Oc2cccc(Br)c2)cc1)C1CCNC1.Cl. The zero-order valence-electron chi connectivity index (χ0n) is 13.4. The van der Waals surface area contributed by atoms with Gasteiger partial charge in [0, 0.05) is 29.7 Å². The zero-order valence-corrected chi connectivity index (χ0v) is 15.8. The number of hydrogen-bond donors (Lipinski definition) is 1. The van der Waals surface area contributed by atoms with Crippen LogP contribution in [-0.2, 0) is 0 Å². The van der Waals surface area contributed by atoms with Crippen LogP contribution in [0.15, 0.2) is 53.0 Å². The van der Waals surface area contributed by atoms with E-state index < -0.39 is 0 Å². The summed E-state index contributed by atoms with van der Waals surface area (Å²) in [6.07, 6.45) is 1.01. The second-order valence-corrected chi connectivity index (χ2v) is 6.56. The lowest BCUT2D eigenvalue weighted by Gasteiger charge is -2.23. The summed E-state index contributed by atoms with van der Waals surface area (Å²) in [6.45, 7) is 1.84. The summed E-state index contributed by atoms with van der Waals surface area (Å²) in [7, 11) is 1.87. The van der Waals surface area contributed by atoms with E-state index in [1.165, 1.54) is 0 Å². The number of likely N-dealkylation sites (N-methyl/N-ethyl adjacent to an activating group) is 1. The number of nitrogens with one attached hydrogen (secondary N) is 1. The van der Waals surface area contributed by atoms with E-state index in [0.29, 0.717) is 11.3 Å². The van der Waals surface area contributed by atoms with E-state index in [1.807, 2.05) is 60.5 Å². The summed E-state index contributed by atoms with van der Waals surface area (Å²) in [5, 5.41) is 3.28. The lowest BCUT2D eigenvalue weighted by Crippen LogP contribution is -2.38. The molecule has 0 saturated carbocycles. The summed E-state index contributed by atoms with van der Waals surface area (Å²) >= 11 is 3.42. The molecule has 2 aromatic carbocycles. The van der Waals surface area contributed by atoms with Crippen molar-refractivity contribution < 1.29 is 9.53 Å². The summed E-state index contributed by atoms with van der Waals surface area (Å²) in [5.74, 6) is 1.52. The highest BCUT2D eigenvalue weighted by molar-refractivity contribution is 9.10. The van der Waals surface area contributed by atoms with Crippen LogP contribution in [0.2, 0.25) is 0 Å². The lowest BCUT2D eigenvalue weighted by atomic mass is 10.1. The van der Waals surface area contributed by atoms with Crippen LogP contribution in [0.25, 0.3) is 0 Å². The van der Waals surface area contributed by atoms with Gasteiger partial charge in [0.05, 0.1) is 0 Å². The quantitative estimate of drug-likeness (QED) is 0.823. The maximum absolute atomic E-state index is 12.5. The zero-order chi connectivity index (χ0) is 16.2. The van der Waals surface area contributed by atoms with Gasteiger partial charge in [-0.05, 0) is 55.4 Å². The van der Waals surface area contributed by atoms with Gasteiger partial charge in [-0.2, -0.15) is 0 Å². The molecule has 1 heterocycles. The van der Waals surface area contributed by atoms with Crippen LogP contribution in [-0.4, -0.2) is 37.0 Å². The largest absolute Gasteiger partial charge is 0.457 e. The van der Waals surface area contributed by atoms with E-state index in [2.05, 4.69) is 21.2 Å². The smallest absolute Gasteiger partial charge is 0.253 e. The van der Waals surface area contributed by atoms with Gasteiger partial charge in [0.1, 0.15) is 11.5 Å². The summed E-state index contributed by atoms with van der Waals surface area (Å²) < 4.78 is 6.76. The van der Waals surface area contributed by atoms with Crippen molar-refractivity contribution in [3.63, 3.8) is 0 Å². The second-order valence-electron chi connectivity index (χ2n) is 5.65. The van der Waals surface area contributed by atoms with Crippen molar-refractivity contribution >= 4 is 34.2 Å². The van der Waals surface area contributed by atoms with E-state index >= 15 is 0 Å². The Hall–Kier alpha value is -1.56. The molecular formula is C18H20BrClN2O2. The van der Waals surface area contributed by atoms with Crippen LogP contribution in [0.3, 0.4) is 0 Å². The third-order valence-corrected chi connectivity index (χ3v) is 4.53. The van der Waals surface area contributed by atoms with E-state index in [1.54, 1.807) is 0 Å². The minimum absolute atomic E-state index is 0. The third kappa shape index (κ3) is 4.50. The molecule has 128 valence electrons. The van der Waals surface area contributed by atoms with Gasteiger partial charge < -0.3 is 15.0 Å². The number of hydrogen-bond acceptors (Lipinski definition) is 3. The van der Waals surface area contributed by atoms with Gasteiger partial charge in [0.15, 0.2) is 0 Å². The van der Waals surface area contributed by atoms with Crippen LogP contribution in [0.5, 0.6) is 11.5 Å². The van der Waals surface area contributed by atoms with Crippen molar-refractivity contribution in [2.45, 2.75) is 12.5 Å². The fourth-order valence-electron chi connectivity index (χ4n) is 2.67. The highest BCUT2D eigenvalue weighted by Crippen LogP contribution is 2.25. The van der Waals surface area contributed by atoms with Gasteiger partial charge >= 0.3 is 0 Å². The molecule has 24 heavy (non-hydrogen) atoms. The number of rotatable bonds is 4. The molecule has 2 aromatic rings. The average molecular weight is 412 g/mol. The number of ether oxygens (including phenoxy) is 1. The van der Waals surface area contributed by atoms with Crippen molar-refractivity contribution in [3.05, 3.63) is 58.6 Å². The third-order valence-electron chi connectivity index (χ3n) is 4.04. The van der Waals surface area contributed by atoms with Crippen molar-refractivity contribution in [2.24, 2.45) is 0 Å². The topological polar surface area (TPSA) is 41.6 Å². The molecule has 4 nitrogen and oxygen atoms in total. The first-order chi connectivity index (χ1) is 11.1. The molecule has 1 saturated heterocycles. The molecule has 3 rings (SSSR count). The maximum atomic E-state index is 12.5. The average Bonchev–Trinajstić information content (AvgIpc) is 3.09. The molecular weight excluding hydrogens is 392 g/mol. The van der Waals surface area contributed by atoms with E-state index in [9.17, 15) is 4.79 Å². The summed E-state index contributed by atoms with van der Waals surface area (Å²) in [6, 6.07) is 15.2. The van der Waals surface area contributed by atoms with Gasteiger partial charge in [-0.1, -0.05) is 22.0 Å². The molecule has 0 spiro atoms. The number of benzene rings is 2. The fraction of sp³-hybridized carbons (Fsp3) is 0.278. The molecule has 0 radical (unpaired) electrons. The van der Waals surface area contributed by atoms with Gasteiger partial charge in [-0.3, -0.25) is 4.79 Å². The molecule has 1 N–H and O–H groups in total. The first-order valence-electron chi connectivity index (χ1n) is 7.65. The Bertz CT molecular complexity index is 688. The van der Waals surface area contributed by atoms with Crippen LogP contribution in [0, 0.1) is 0 Å². The number of carbonyl (C=O) groups excluding carboxylic acids is 1. The van der Waals surface area contributed by atoms with Gasteiger partial charge in [-0.15, -0.1) is 12.4 Å². The number of nitrogens with zero attached hydrogens (tertiary/aromatic N) is 1. The van der Waals surface area contributed by atoms with Crippen molar-refractivity contribution in [3.8, 4) is 11.5 Å². The molecule has 0 aliphatic carbocycles. The highest BCUT2D eigenvalue weighted by atomic mass is 79.9. The first-order valence-corrected chi connectivity index (χ1v) is 8.44. The summed E-state index contributed by atoms with van der Waals surface area (Å²) in [5.41, 5.74) is 0.681. The molecule has 0 aromatic heterocycles. The normalized spacial score (nSPS) is 16.3. The van der Waals surface area contributed by atoms with Crippen molar-refractivity contribution in [1.29, 1.82) is 0 Å². The number of amides is 1. The Balaban J connectivity index is 0.00000208.